The van der Waals surface area contributed by atoms with Gasteiger partial charge in [-0.2, -0.15) is 0 Å². The van der Waals surface area contributed by atoms with Crippen LogP contribution in [0.5, 0.6) is 5.75 Å². The Morgan fingerprint density at radius 1 is 0.853 bits per heavy atom. The fourth-order valence-electron chi connectivity index (χ4n) is 4.65. The number of benzene rings is 2. The Labute approximate surface area is 202 Å². The topological polar surface area (TPSA) is 53.1 Å². The highest BCUT2D eigenvalue weighted by Crippen LogP contribution is 2.37. The molecule has 0 spiro atoms. The molecule has 180 valence electrons. The molecule has 0 bridgehead atoms. The third kappa shape index (κ3) is 6.48. The molecule has 2 heterocycles. The lowest BCUT2D eigenvalue weighted by atomic mass is 9.75. The van der Waals surface area contributed by atoms with Crippen molar-refractivity contribution in [1.82, 2.24) is 14.7 Å². The Balaban J connectivity index is 1.39. The minimum atomic E-state index is -0.268. The van der Waals surface area contributed by atoms with Gasteiger partial charge >= 0.3 is 0 Å². The van der Waals surface area contributed by atoms with Gasteiger partial charge in [0.2, 0.25) is 11.8 Å². The van der Waals surface area contributed by atoms with Gasteiger partial charge in [0.25, 0.3) is 0 Å². The van der Waals surface area contributed by atoms with Crippen molar-refractivity contribution >= 4 is 17.9 Å². The summed E-state index contributed by atoms with van der Waals surface area (Å²) in [5, 5.41) is 0. The molecule has 2 saturated heterocycles. The summed E-state index contributed by atoms with van der Waals surface area (Å²) in [6.07, 6.45) is 5.48. The Bertz CT molecular complexity index is 961. The van der Waals surface area contributed by atoms with Gasteiger partial charge in [0.15, 0.2) is 0 Å². The summed E-state index contributed by atoms with van der Waals surface area (Å²) in [6.45, 7) is 5.13. The number of piperidine rings is 1. The molecule has 2 fully saturated rings. The molecule has 0 saturated carbocycles. The number of ether oxygens (including phenoxy) is 1. The molecule has 0 unspecified atom stereocenters. The molecule has 2 aliphatic heterocycles. The summed E-state index contributed by atoms with van der Waals surface area (Å²) in [5.74, 6) is 1.04. The van der Waals surface area contributed by atoms with E-state index in [1.54, 1.807) is 6.08 Å². The van der Waals surface area contributed by atoms with E-state index in [-0.39, 0.29) is 17.2 Å². The number of rotatable bonds is 7. The van der Waals surface area contributed by atoms with Crippen LogP contribution in [0.15, 0.2) is 66.7 Å². The van der Waals surface area contributed by atoms with Crippen LogP contribution in [-0.4, -0.2) is 79.4 Å². The SMILES string of the molecule is CN1CCN(C(=O)CC2(COc3ccccc3)CCN(C(=O)/C=C/c3ccccc3)CC2)CC1. The van der Waals surface area contributed by atoms with E-state index >= 15 is 0 Å². The summed E-state index contributed by atoms with van der Waals surface area (Å²) in [4.78, 5) is 32.1. The molecule has 2 amide bonds. The van der Waals surface area contributed by atoms with Crippen molar-refractivity contribution in [3.05, 3.63) is 72.3 Å². The van der Waals surface area contributed by atoms with E-state index < -0.39 is 0 Å². The molecule has 6 nitrogen and oxygen atoms in total. The zero-order valence-corrected chi connectivity index (χ0v) is 20.1. The molecule has 6 heteroatoms. The molecule has 0 aromatic heterocycles. The van der Waals surface area contributed by atoms with Crippen molar-refractivity contribution < 1.29 is 14.3 Å². The minimum absolute atomic E-state index is 0.0202. The number of hydrogen-bond donors (Lipinski definition) is 0. The number of carbonyl (C=O) groups excluding carboxylic acids is 2. The van der Waals surface area contributed by atoms with Crippen LogP contribution in [0.4, 0.5) is 0 Å². The van der Waals surface area contributed by atoms with Gasteiger partial charge in [0.1, 0.15) is 5.75 Å². The second-order valence-corrected chi connectivity index (χ2v) is 9.53. The predicted octanol–water partition coefficient (Wildman–Crippen LogP) is 3.55. The summed E-state index contributed by atoms with van der Waals surface area (Å²) in [7, 11) is 2.09. The van der Waals surface area contributed by atoms with Gasteiger partial charge in [0, 0.05) is 57.2 Å². The molecule has 0 N–H and O–H groups in total. The third-order valence-corrected chi connectivity index (χ3v) is 7.02. The molecular formula is C28H35N3O3. The maximum atomic E-state index is 13.2. The van der Waals surface area contributed by atoms with Crippen LogP contribution in [-0.2, 0) is 9.59 Å². The molecule has 2 aliphatic rings. The van der Waals surface area contributed by atoms with Crippen molar-refractivity contribution in [2.24, 2.45) is 5.41 Å². The monoisotopic (exact) mass is 461 g/mol. The molecule has 2 aromatic rings. The fraction of sp³-hybridized carbons (Fsp3) is 0.429. The van der Waals surface area contributed by atoms with E-state index in [9.17, 15) is 9.59 Å². The van der Waals surface area contributed by atoms with Crippen molar-refractivity contribution in [1.29, 1.82) is 0 Å². The normalized spacial score (nSPS) is 18.7. The van der Waals surface area contributed by atoms with Crippen LogP contribution in [0, 0.1) is 5.41 Å². The average molecular weight is 462 g/mol. The molecule has 0 atom stereocenters. The average Bonchev–Trinajstić information content (AvgIpc) is 2.88. The van der Waals surface area contributed by atoms with Crippen LogP contribution >= 0.6 is 0 Å². The predicted molar refractivity (Wildman–Crippen MR) is 134 cm³/mol. The Morgan fingerprint density at radius 3 is 2.12 bits per heavy atom. The van der Waals surface area contributed by atoms with Crippen LogP contribution in [0.1, 0.15) is 24.8 Å². The molecular weight excluding hydrogens is 426 g/mol. The number of para-hydroxylation sites is 1. The summed E-state index contributed by atoms with van der Waals surface area (Å²) in [5.41, 5.74) is 0.743. The summed E-state index contributed by atoms with van der Waals surface area (Å²) in [6, 6.07) is 19.6. The van der Waals surface area contributed by atoms with Crippen molar-refractivity contribution in [3.63, 3.8) is 0 Å². The van der Waals surface area contributed by atoms with Gasteiger partial charge in [-0.05, 0) is 43.7 Å². The van der Waals surface area contributed by atoms with Gasteiger partial charge in [-0.25, -0.2) is 0 Å². The van der Waals surface area contributed by atoms with E-state index in [2.05, 4.69) is 11.9 Å². The van der Waals surface area contributed by atoms with E-state index in [4.69, 9.17) is 4.74 Å². The lowest BCUT2D eigenvalue weighted by molar-refractivity contribution is -0.138. The molecule has 0 radical (unpaired) electrons. The highest BCUT2D eigenvalue weighted by atomic mass is 16.5. The van der Waals surface area contributed by atoms with Crippen LogP contribution in [0.3, 0.4) is 0 Å². The lowest BCUT2D eigenvalue weighted by Gasteiger charge is -2.42. The molecule has 0 aliphatic carbocycles. The van der Waals surface area contributed by atoms with Crippen LogP contribution < -0.4 is 4.74 Å². The van der Waals surface area contributed by atoms with Crippen LogP contribution in [0.2, 0.25) is 0 Å². The van der Waals surface area contributed by atoms with E-state index in [1.165, 1.54) is 0 Å². The Hall–Kier alpha value is -3.12. The Morgan fingerprint density at radius 2 is 1.47 bits per heavy atom. The van der Waals surface area contributed by atoms with Gasteiger partial charge < -0.3 is 19.4 Å². The first-order chi connectivity index (χ1) is 16.5. The maximum Gasteiger partial charge on any atom is 0.246 e. The van der Waals surface area contributed by atoms with Crippen molar-refractivity contribution in [3.8, 4) is 5.75 Å². The largest absolute Gasteiger partial charge is 0.493 e. The van der Waals surface area contributed by atoms with Crippen molar-refractivity contribution in [2.45, 2.75) is 19.3 Å². The first-order valence-corrected chi connectivity index (χ1v) is 12.2. The first kappa shape index (κ1) is 24.0. The van der Waals surface area contributed by atoms with E-state index in [0.717, 1.165) is 50.3 Å². The van der Waals surface area contributed by atoms with E-state index in [1.807, 2.05) is 76.5 Å². The first-order valence-electron chi connectivity index (χ1n) is 12.2. The lowest BCUT2D eigenvalue weighted by Crippen LogP contribution is -2.51. The number of likely N-dealkylation sites (N-methyl/N-ethyl adjacent to an activating group) is 1. The Kier molecular flexibility index (Phi) is 8.01. The highest BCUT2D eigenvalue weighted by Gasteiger charge is 2.39. The summed E-state index contributed by atoms with van der Waals surface area (Å²) < 4.78 is 6.16. The number of likely N-dealkylation sites (tertiary alicyclic amines) is 1. The number of hydrogen-bond acceptors (Lipinski definition) is 4. The second kappa shape index (κ2) is 11.3. The fourth-order valence-corrected chi connectivity index (χ4v) is 4.65. The van der Waals surface area contributed by atoms with E-state index in [0.29, 0.717) is 26.1 Å². The molecule has 4 rings (SSSR count). The minimum Gasteiger partial charge on any atom is -0.493 e. The van der Waals surface area contributed by atoms with Gasteiger partial charge in [-0.15, -0.1) is 0 Å². The zero-order valence-electron chi connectivity index (χ0n) is 20.1. The van der Waals surface area contributed by atoms with Crippen molar-refractivity contribution in [2.75, 3.05) is 52.9 Å². The molecule has 34 heavy (non-hydrogen) atoms. The van der Waals surface area contributed by atoms with Gasteiger partial charge in [-0.3, -0.25) is 9.59 Å². The number of piperazine rings is 1. The standard InChI is InChI=1S/C28H35N3O3/c1-29-18-20-31(21-19-29)27(33)22-28(23-34-25-10-6-3-7-11-25)14-16-30(17-15-28)26(32)13-12-24-8-4-2-5-9-24/h2-13H,14-23H2,1H3/b13-12+. The third-order valence-electron chi connectivity index (χ3n) is 7.02. The number of nitrogens with zero attached hydrogens (tertiary/aromatic N) is 3. The van der Waals surface area contributed by atoms with Gasteiger partial charge in [-0.1, -0.05) is 48.5 Å². The highest BCUT2D eigenvalue weighted by molar-refractivity contribution is 5.91. The molecule has 2 aromatic carbocycles. The maximum absolute atomic E-state index is 13.2. The zero-order chi connectivity index (χ0) is 23.8. The van der Waals surface area contributed by atoms with Gasteiger partial charge in [0.05, 0.1) is 6.61 Å². The second-order valence-electron chi connectivity index (χ2n) is 9.53. The number of carbonyl (C=O) groups is 2. The summed E-state index contributed by atoms with van der Waals surface area (Å²) >= 11 is 0. The number of amides is 2. The quantitative estimate of drug-likeness (QED) is 0.592. The smallest absolute Gasteiger partial charge is 0.246 e. The van der Waals surface area contributed by atoms with Crippen LogP contribution in [0.25, 0.3) is 6.08 Å².